The van der Waals surface area contributed by atoms with Crippen molar-refractivity contribution >= 4 is 53.1 Å². The molecule has 1 aromatic carbocycles. The lowest BCUT2D eigenvalue weighted by molar-refractivity contribution is -0.154. The Kier molecular flexibility index (Phi) is 4.48. The smallest absolute Gasteiger partial charge is 0.326 e. The normalized spacial score (nSPS) is 35.6. The lowest BCUT2D eigenvalue weighted by atomic mass is 9.68. The van der Waals surface area contributed by atoms with Gasteiger partial charge in [0, 0.05) is 16.0 Å². The van der Waals surface area contributed by atoms with Crippen molar-refractivity contribution in [2.75, 3.05) is 0 Å². The molecule has 8 atom stereocenters. The number of carbonyl (C=O) groups excluding carboxylic acids is 2. The molecule has 6 rings (SSSR count). The van der Waals surface area contributed by atoms with E-state index in [1.54, 1.807) is 23.9 Å². The number of thioether (sulfide) groups is 1. The van der Waals surface area contributed by atoms with Crippen molar-refractivity contribution in [3.8, 4) is 0 Å². The van der Waals surface area contributed by atoms with Crippen LogP contribution in [0, 0.1) is 39.4 Å². The van der Waals surface area contributed by atoms with E-state index in [-0.39, 0.29) is 46.6 Å². The molecule has 8 unspecified atom stereocenters. The number of aromatic nitrogens is 1. The summed E-state index contributed by atoms with van der Waals surface area (Å²) in [5.74, 6) is -3.08. The zero-order chi connectivity index (χ0) is 22.5. The minimum absolute atomic E-state index is 0.000384. The Morgan fingerprint density at radius 2 is 1.88 bits per heavy atom. The van der Waals surface area contributed by atoms with Crippen LogP contribution < -0.4 is 0 Å². The number of carbonyl (C=O) groups is 3. The summed E-state index contributed by atoms with van der Waals surface area (Å²) in [5.41, 5.74) is 0.977. The Morgan fingerprint density at radius 3 is 2.53 bits per heavy atom. The van der Waals surface area contributed by atoms with E-state index in [1.165, 1.54) is 30.4 Å². The number of hydrogen-bond acceptors (Lipinski definition) is 6. The number of fused-ring (bicyclic) bond motifs is 9. The number of imide groups is 1. The highest BCUT2D eigenvalue weighted by molar-refractivity contribution is 8.00. The van der Waals surface area contributed by atoms with Gasteiger partial charge in [-0.15, -0.1) is 23.1 Å². The molecule has 2 aliphatic carbocycles. The molecule has 2 bridgehead atoms. The molecule has 3 heterocycles. The summed E-state index contributed by atoms with van der Waals surface area (Å²) in [4.78, 5) is 43.4. The third-order valence-corrected chi connectivity index (χ3v) is 10.7. The Balaban J connectivity index is 1.45. The van der Waals surface area contributed by atoms with E-state index in [0.717, 1.165) is 26.8 Å². The molecule has 2 saturated carbocycles. The number of thiazole rings is 1. The Hall–Kier alpha value is -2.04. The number of H-pyrrole nitrogens is 1. The lowest BCUT2D eigenvalue weighted by Gasteiger charge is -2.43. The largest absolute Gasteiger partial charge is 0.480 e. The van der Waals surface area contributed by atoms with Gasteiger partial charge in [0.1, 0.15) is 11.9 Å². The number of hydrogen-bond donors (Lipinski definition) is 2. The van der Waals surface area contributed by atoms with E-state index < -0.39 is 23.8 Å². The van der Waals surface area contributed by atoms with Crippen molar-refractivity contribution < 1.29 is 23.9 Å². The fraction of sp³-hybridized carbons (Fsp3) is 0.455. The molecule has 2 N–H and O–H groups in total. The number of aromatic amines is 1. The monoisotopic (exact) mass is 490 g/mol. The van der Waals surface area contributed by atoms with Crippen LogP contribution in [-0.4, -0.2) is 44.1 Å². The van der Waals surface area contributed by atoms with Crippen molar-refractivity contribution in [3.63, 3.8) is 0 Å². The number of benzene rings is 1. The van der Waals surface area contributed by atoms with Crippen LogP contribution in [0.25, 0.3) is 0 Å². The molecule has 2 amide bonds. The summed E-state index contributed by atoms with van der Waals surface area (Å²) in [5, 5.41) is 10.5. The summed E-state index contributed by atoms with van der Waals surface area (Å²) >= 11 is 8.63. The summed E-state index contributed by atoms with van der Waals surface area (Å²) in [6, 6.07) is 5.33. The molecule has 1 aromatic heterocycles. The van der Waals surface area contributed by atoms with Crippen molar-refractivity contribution in [2.45, 2.75) is 35.6 Å². The zero-order valence-electron chi connectivity index (χ0n) is 16.9. The maximum atomic E-state index is 13.7. The predicted molar refractivity (Wildman–Crippen MR) is 118 cm³/mol. The Bertz CT molecular complexity index is 1220. The van der Waals surface area contributed by atoms with Gasteiger partial charge in [0.15, 0.2) is 3.95 Å². The van der Waals surface area contributed by atoms with Crippen molar-refractivity contribution in [2.24, 2.45) is 29.6 Å². The van der Waals surface area contributed by atoms with Gasteiger partial charge < -0.3 is 10.1 Å². The molecule has 3 fully saturated rings. The molecule has 2 aliphatic heterocycles. The predicted octanol–water partition coefficient (Wildman–Crippen LogP) is 3.89. The van der Waals surface area contributed by atoms with Gasteiger partial charge in [-0.25, -0.2) is 9.18 Å². The number of aliphatic carboxylic acids is 1. The molecule has 10 heteroatoms. The van der Waals surface area contributed by atoms with Crippen molar-refractivity contribution in [3.05, 3.63) is 44.5 Å². The highest BCUT2D eigenvalue weighted by atomic mass is 32.2. The highest BCUT2D eigenvalue weighted by Gasteiger charge is 2.70. The SMILES string of the molecule is CC(C(=O)O)N1C(=O)C2C3CC(C2C1=O)C1C(c2ccc(F)cc2)c2sc(=S)[nH]c2SC31. The van der Waals surface area contributed by atoms with Gasteiger partial charge >= 0.3 is 5.97 Å². The minimum atomic E-state index is -1.18. The number of likely N-dealkylation sites (tertiary alicyclic amines) is 1. The average Bonchev–Trinajstić information content (AvgIpc) is 3.47. The van der Waals surface area contributed by atoms with Gasteiger partial charge in [-0.2, -0.15) is 0 Å². The minimum Gasteiger partial charge on any atom is -0.480 e. The number of amides is 2. The van der Waals surface area contributed by atoms with Gasteiger partial charge in [-0.3, -0.25) is 14.5 Å². The summed E-state index contributed by atoms with van der Waals surface area (Å²) in [6.07, 6.45) is 0.776. The first-order valence-corrected chi connectivity index (χ1v) is 12.6. The number of nitrogens with zero attached hydrogens (tertiary/aromatic N) is 1. The highest BCUT2D eigenvalue weighted by Crippen LogP contribution is 2.68. The van der Waals surface area contributed by atoms with Gasteiger partial charge in [-0.05, 0) is 61.0 Å². The van der Waals surface area contributed by atoms with E-state index in [0.29, 0.717) is 3.95 Å². The standard InChI is InChI=1S/C22H19FN2O4S3/c1-7(21(28)29)25-19(26)14-10-6-11(15(14)20(25)27)16-13(10)12(8-2-4-9(23)5-3-8)17-18(31-16)24-22(30)32-17/h2-5,7,10-16H,6H2,1H3,(H,24,30)(H,28,29). The summed E-state index contributed by atoms with van der Waals surface area (Å²) in [7, 11) is 0. The molecule has 0 radical (unpaired) electrons. The Labute approximate surface area is 196 Å². The molecule has 1 saturated heterocycles. The zero-order valence-corrected chi connectivity index (χ0v) is 19.3. The number of carboxylic acids is 1. The molecule has 166 valence electrons. The van der Waals surface area contributed by atoms with Crippen LogP contribution in [0.3, 0.4) is 0 Å². The maximum Gasteiger partial charge on any atom is 0.326 e. The fourth-order valence-electron chi connectivity index (χ4n) is 6.58. The molecule has 6 nitrogen and oxygen atoms in total. The van der Waals surface area contributed by atoms with Crippen LogP contribution in [0.15, 0.2) is 29.3 Å². The summed E-state index contributed by atoms with van der Waals surface area (Å²) < 4.78 is 14.3. The first-order valence-electron chi connectivity index (χ1n) is 10.5. The van der Waals surface area contributed by atoms with Crippen LogP contribution >= 0.6 is 35.3 Å². The average molecular weight is 491 g/mol. The quantitative estimate of drug-likeness (QED) is 0.501. The number of halogens is 1. The van der Waals surface area contributed by atoms with Gasteiger partial charge in [0.2, 0.25) is 11.8 Å². The van der Waals surface area contributed by atoms with E-state index in [2.05, 4.69) is 4.98 Å². The van der Waals surface area contributed by atoms with E-state index >= 15 is 0 Å². The molecule has 2 aromatic rings. The van der Waals surface area contributed by atoms with Crippen molar-refractivity contribution in [1.29, 1.82) is 0 Å². The van der Waals surface area contributed by atoms with Gasteiger partial charge in [-0.1, -0.05) is 12.1 Å². The van der Waals surface area contributed by atoms with Crippen LogP contribution in [-0.2, 0) is 14.4 Å². The number of carboxylic acid groups (broad SMARTS) is 1. The molecular weight excluding hydrogens is 471 g/mol. The summed E-state index contributed by atoms with van der Waals surface area (Å²) in [6.45, 7) is 1.39. The topological polar surface area (TPSA) is 90.5 Å². The van der Waals surface area contributed by atoms with Crippen LogP contribution in [0.1, 0.15) is 29.7 Å². The second-order valence-electron chi connectivity index (χ2n) is 9.07. The van der Waals surface area contributed by atoms with Crippen LogP contribution in [0.4, 0.5) is 4.39 Å². The third-order valence-electron chi connectivity index (χ3n) is 7.73. The maximum absolute atomic E-state index is 13.7. The second kappa shape index (κ2) is 6.98. The molecule has 0 spiro atoms. The first-order chi connectivity index (χ1) is 15.3. The van der Waals surface area contributed by atoms with E-state index in [1.807, 2.05) is 0 Å². The first kappa shape index (κ1) is 20.6. The lowest BCUT2D eigenvalue weighted by Crippen LogP contribution is -2.44. The van der Waals surface area contributed by atoms with Gasteiger partial charge in [0.25, 0.3) is 0 Å². The fourth-order valence-corrected chi connectivity index (χ4v) is 9.91. The molecular formula is C22H19FN2O4S3. The Morgan fingerprint density at radius 1 is 1.22 bits per heavy atom. The molecule has 32 heavy (non-hydrogen) atoms. The second-order valence-corrected chi connectivity index (χ2v) is 12.0. The van der Waals surface area contributed by atoms with Crippen LogP contribution in [0.2, 0.25) is 0 Å². The van der Waals surface area contributed by atoms with E-state index in [4.69, 9.17) is 12.2 Å². The number of nitrogens with one attached hydrogen (secondary N) is 1. The molecule has 4 aliphatic rings. The number of rotatable bonds is 3. The van der Waals surface area contributed by atoms with E-state index in [9.17, 15) is 23.9 Å². The van der Waals surface area contributed by atoms with Crippen LogP contribution in [0.5, 0.6) is 0 Å². The van der Waals surface area contributed by atoms with Gasteiger partial charge in [0.05, 0.1) is 16.9 Å². The third kappa shape index (κ3) is 2.63. The van der Waals surface area contributed by atoms with Crippen molar-refractivity contribution in [1.82, 2.24) is 9.88 Å².